The molecule has 0 aliphatic carbocycles. The number of allylic oxidation sites excluding steroid dienone is 2. The Balaban J connectivity index is 1.77. The van der Waals surface area contributed by atoms with Gasteiger partial charge in [0.05, 0.1) is 29.9 Å². The lowest BCUT2D eigenvalue weighted by Crippen LogP contribution is -2.65. The van der Waals surface area contributed by atoms with E-state index in [9.17, 15) is 10.1 Å². The van der Waals surface area contributed by atoms with Crippen LogP contribution in [-0.4, -0.2) is 34.1 Å². The first kappa shape index (κ1) is 26.2. The Bertz CT molecular complexity index is 1860. The minimum Gasteiger partial charge on any atom is -0.599 e. The van der Waals surface area contributed by atoms with E-state index in [0.29, 0.717) is 39.7 Å². The van der Waals surface area contributed by atoms with E-state index in [2.05, 4.69) is 10.9 Å². The second-order valence-corrected chi connectivity index (χ2v) is 10.7. The summed E-state index contributed by atoms with van der Waals surface area (Å²) >= 11 is 0. The zero-order chi connectivity index (χ0) is 29.4. The minimum atomic E-state index is -2.46. The highest BCUT2D eigenvalue weighted by Crippen LogP contribution is 2.51. The third-order valence-electron chi connectivity index (χ3n) is 8.40. The molecule has 0 fully saturated rings. The van der Waals surface area contributed by atoms with Crippen molar-refractivity contribution >= 4 is 24.1 Å². The third kappa shape index (κ3) is 3.33. The molecule has 6 rings (SSSR count). The topological polar surface area (TPSA) is 80.9 Å². The van der Waals surface area contributed by atoms with Crippen molar-refractivity contribution in [1.29, 1.82) is 5.26 Å². The van der Waals surface area contributed by atoms with Crippen LogP contribution in [-0.2, 0) is 4.74 Å². The van der Waals surface area contributed by atoms with E-state index < -0.39 is 6.82 Å². The van der Waals surface area contributed by atoms with Crippen LogP contribution in [0.15, 0.2) is 53.4 Å². The van der Waals surface area contributed by atoms with E-state index in [0.717, 1.165) is 44.8 Å². The lowest BCUT2D eigenvalue weighted by atomic mass is 9.77. The molecule has 4 heterocycles. The zero-order valence-electron chi connectivity index (χ0n) is 24.2. The maximum Gasteiger partial charge on any atom is 0.779 e. The van der Waals surface area contributed by atoms with Gasteiger partial charge in [-0.2, -0.15) is 5.26 Å². The van der Waals surface area contributed by atoms with Gasteiger partial charge in [-0.3, -0.25) is 0 Å². The Morgan fingerprint density at radius 2 is 1.71 bits per heavy atom. The minimum absolute atomic E-state index is 0.289. The van der Waals surface area contributed by atoms with Gasteiger partial charge in [0.25, 0.3) is 5.70 Å². The number of rotatable bonds is 3. The number of nitrogens with zero attached hydrogens (tertiary/aromatic N) is 4. The van der Waals surface area contributed by atoms with Crippen molar-refractivity contribution < 1.29 is 23.3 Å². The van der Waals surface area contributed by atoms with Crippen LogP contribution in [0.2, 0.25) is 0 Å². The molecule has 204 valence electrons. The molecule has 1 spiro atoms. The van der Waals surface area contributed by atoms with Gasteiger partial charge in [-0.15, -0.1) is 0 Å². The molecule has 3 aliphatic heterocycles. The van der Waals surface area contributed by atoms with Crippen LogP contribution < -0.4 is 9.31 Å². The monoisotopic (exact) mass is 544 g/mol. The quantitative estimate of drug-likeness (QED) is 0.230. The van der Waals surface area contributed by atoms with Gasteiger partial charge in [-0.1, -0.05) is 12.1 Å². The predicted octanol–water partition coefficient (Wildman–Crippen LogP) is 5.98. The smallest absolute Gasteiger partial charge is 0.599 e. The predicted molar refractivity (Wildman–Crippen MR) is 156 cm³/mol. The first-order valence-electron chi connectivity index (χ1n) is 13.6. The highest BCUT2D eigenvalue weighted by Gasteiger charge is 2.64. The lowest BCUT2D eigenvalue weighted by molar-refractivity contribution is -0.369. The lowest BCUT2D eigenvalue weighted by Gasteiger charge is -2.39. The first-order valence-corrected chi connectivity index (χ1v) is 13.6. The van der Waals surface area contributed by atoms with E-state index in [1.165, 1.54) is 0 Å². The van der Waals surface area contributed by atoms with Gasteiger partial charge in [0.1, 0.15) is 23.3 Å². The van der Waals surface area contributed by atoms with Crippen molar-refractivity contribution in [3.63, 3.8) is 0 Å². The number of nitriles is 1. The summed E-state index contributed by atoms with van der Waals surface area (Å²) in [4.78, 5) is 16.6. The molecule has 0 saturated heterocycles. The summed E-state index contributed by atoms with van der Waals surface area (Å²) in [6.07, 6.45) is 0. The molecule has 0 atom stereocenters. The molecular weight excluding hydrogens is 515 g/mol. The molecular formula is C32H29BN4O4. The van der Waals surface area contributed by atoms with Crippen LogP contribution in [0.5, 0.6) is 11.5 Å². The standard InChI is InChI=1S/C32H29BN4O4/c1-9-39-32(38)23-14-17(2)27(18(3)15-23)28-30-19(4)24(16-34)21(6)36(30)33(40-25-12-10-11-13-26(25)41-33)37-22(7)29(35-8)20(5)31(28)37/h10-15H,9H2,1-7H3. The molecule has 8 nitrogen and oxygen atoms in total. The molecule has 0 radical (unpaired) electrons. The average molecular weight is 544 g/mol. The van der Waals surface area contributed by atoms with Crippen molar-refractivity contribution in [2.24, 2.45) is 0 Å². The number of hydrogen-bond donors (Lipinski definition) is 0. The largest absolute Gasteiger partial charge is 0.779 e. The Hall–Kier alpha value is -5.02. The number of esters is 1. The Morgan fingerprint density at radius 1 is 1.10 bits per heavy atom. The van der Waals surface area contributed by atoms with Crippen molar-refractivity contribution in [2.75, 3.05) is 6.61 Å². The number of hydrogen-bond acceptors (Lipinski definition) is 5. The molecule has 3 aliphatic rings. The van der Waals surface area contributed by atoms with Crippen LogP contribution >= 0.6 is 0 Å². The van der Waals surface area contributed by atoms with Crippen LogP contribution in [0.3, 0.4) is 0 Å². The van der Waals surface area contributed by atoms with Gasteiger partial charge < -0.3 is 23.0 Å². The van der Waals surface area contributed by atoms with E-state index in [1.54, 1.807) is 6.92 Å². The fourth-order valence-electron chi connectivity index (χ4n) is 6.83. The number of ether oxygens (including phenoxy) is 1. The average Bonchev–Trinajstić information content (AvgIpc) is 3.53. The van der Waals surface area contributed by atoms with Gasteiger partial charge in [0, 0.05) is 23.9 Å². The van der Waals surface area contributed by atoms with Gasteiger partial charge >= 0.3 is 12.8 Å². The second-order valence-electron chi connectivity index (χ2n) is 10.7. The molecule has 0 unspecified atom stereocenters. The third-order valence-corrected chi connectivity index (χ3v) is 8.40. The van der Waals surface area contributed by atoms with Crippen molar-refractivity contribution in [2.45, 2.75) is 48.5 Å². The molecule has 0 saturated carbocycles. The number of carbonyl (C=O) groups is 1. The summed E-state index contributed by atoms with van der Waals surface area (Å²) < 4.78 is 22.9. The van der Waals surface area contributed by atoms with Crippen LogP contribution in [0.25, 0.3) is 10.4 Å². The normalized spacial score (nSPS) is 16.1. The maximum atomic E-state index is 12.7. The highest BCUT2D eigenvalue weighted by atomic mass is 16.7. The first-order chi connectivity index (χ1) is 19.6. The number of carbonyl (C=O) groups excluding carboxylic acids is 1. The van der Waals surface area contributed by atoms with Crippen molar-refractivity contribution in [3.05, 3.63) is 110 Å². The number of fused-ring (bicyclic) bond motifs is 5. The Labute approximate surface area is 239 Å². The van der Waals surface area contributed by atoms with Gasteiger partial charge in [-0.25, -0.2) is 9.64 Å². The van der Waals surface area contributed by atoms with Crippen molar-refractivity contribution in [1.82, 2.24) is 4.48 Å². The summed E-state index contributed by atoms with van der Waals surface area (Å²) in [5.74, 6) is 0.816. The zero-order valence-corrected chi connectivity index (χ0v) is 24.2. The summed E-state index contributed by atoms with van der Waals surface area (Å²) in [5, 5.41) is 10.3. The molecule has 3 aromatic rings. The van der Waals surface area contributed by atoms with E-state index in [1.807, 2.05) is 86.9 Å². The van der Waals surface area contributed by atoms with E-state index in [4.69, 9.17) is 20.6 Å². The molecule has 0 bridgehead atoms. The Morgan fingerprint density at radius 3 is 2.24 bits per heavy atom. The van der Waals surface area contributed by atoms with E-state index in [-0.39, 0.29) is 12.6 Å². The summed E-state index contributed by atoms with van der Waals surface area (Å²) in [6.45, 7) is 19.3. The molecule has 9 heteroatoms. The highest BCUT2D eigenvalue weighted by molar-refractivity contribution is 6.62. The molecule has 41 heavy (non-hydrogen) atoms. The van der Waals surface area contributed by atoms with Crippen molar-refractivity contribution in [3.8, 4) is 17.6 Å². The number of benzene rings is 2. The Kier molecular flexibility index (Phi) is 5.76. The SMILES string of the molecule is [C-]#[N+]C1=C(C)C2=C(c3c(C)cc(C(=O)OCC)cc3C)c3c(C)c(C#N)c(C)n3[B-]3(Oc4ccccc4O3)[N+]2=C1C. The van der Waals surface area contributed by atoms with Gasteiger partial charge in [-0.05, 0) is 88.1 Å². The van der Waals surface area contributed by atoms with Crippen LogP contribution in [0, 0.1) is 45.6 Å². The van der Waals surface area contributed by atoms with E-state index >= 15 is 0 Å². The number of para-hydroxylation sites is 2. The molecule has 0 amide bonds. The van der Waals surface area contributed by atoms with Crippen LogP contribution in [0.1, 0.15) is 70.3 Å². The summed E-state index contributed by atoms with van der Waals surface area (Å²) in [5.41, 5.74) is 9.71. The van der Waals surface area contributed by atoms with Gasteiger partial charge in [0.15, 0.2) is 5.70 Å². The molecule has 0 N–H and O–H groups in total. The number of aromatic nitrogens is 1. The maximum absolute atomic E-state index is 12.7. The second kappa shape index (κ2) is 9.01. The molecule has 1 aromatic heterocycles. The van der Waals surface area contributed by atoms with Crippen LogP contribution in [0.4, 0.5) is 0 Å². The van der Waals surface area contributed by atoms with Gasteiger partial charge in [0.2, 0.25) is 0 Å². The fraction of sp³-hybridized carbons (Fsp3) is 0.250. The summed E-state index contributed by atoms with van der Waals surface area (Å²) in [7, 11) is 0. The fourth-order valence-corrected chi connectivity index (χ4v) is 6.83. The summed E-state index contributed by atoms with van der Waals surface area (Å²) in [6, 6.07) is 13.6. The number of aryl methyl sites for hydroxylation is 2. The molecule has 2 aromatic carbocycles.